The molecule has 4 nitrogen and oxygen atoms in total. The lowest BCUT2D eigenvalue weighted by Crippen LogP contribution is -2.16. The first-order valence-electron chi connectivity index (χ1n) is 3.80. The van der Waals surface area contributed by atoms with Crippen LogP contribution in [0.2, 0.25) is 0 Å². The summed E-state index contributed by atoms with van der Waals surface area (Å²) >= 11 is 0. The molecule has 0 bridgehead atoms. The Labute approximate surface area is 77.2 Å². The Kier molecular flexibility index (Phi) is 5.37. The molecule has 1 atom stereocenters. The summed E-state index contributed by atoms with van der Waals surface area (Å²) < 4.78 is 9.11. The molecule has 72 valence electrons. The molecule has 0 heterocycles. The van der Waals surface area contributed by atoms with Crippen LogP contribution in [0, 0.1) is 12.3 Å². The van der Waals surface area contributed by atoms with Gasteiger partial charge in [0, 0.05) is 19.8 Å². The van der Waals surface area contributed by atoms with Crippen molar-refractivity contribution in [1.82, 2.24) is 0 Å². The number of hydrogen-bond donors (Lipinski definition) is 0. The molecule has 0 spiro atoms. The van der Waals surface area contributed by atoms with Crippen molar-refractivity contribution >= 4 is 11.9 Å². The number of esters is 2. The third-order valence-electron chi connectivity index (χ3n) is 1.33. The van der Waals surface area contributed by atoms with Crippen LogP contribution >= 0.6 is 0 Å². The number of carbonyl (C=O) groups excluding carboxylic acids is 2. The Morgan fingerprint density at radius 2 is 2.15 bits per heavy atom. The second-order valence-electron chi connectivity index (χ2n) is 2.38. The zero-order valence-electron chi connectivity index (χ0n) is 7.70. The second-order valence-corrected chi connectivity index (χ2v) is 2.38. The van der Waals surface area contributed by atoms with Crippen LogP contribution in [0.25, 0.3) is 0 Å². The van der Waals surface area contributed by atoms with Gasteiger partial charge in [0.25, 0.3) is 0 Å². The highest BCUT2D eigenvalue weighted by Gasteiger charge is 2.10. The lowest BCUT2D eigenvalue weighted by Gasteiger charge is -2.09. The summed E-state index contributed by atoms with van der Waals surface area (Å²) in [4.78, 5) is 21.2. The number of terminal acetylenes is 1. The Morgan fingerprint density at radius 3 is 2.54 bits per heavy atom. The van der Waals surface area contributed by atoms with Crippen LogP contribution in [0.15, 0.2) is 0 Å². The van der Waals surface area contributed by atoms with Crippen LogP contribution in [-0.4, -0.2) is 25.2 Å². The van der Waals surface area contributed by atoms with E-state index < -0.39 is 12.1 Å². The highest BCUT2D eigenvalue weighted by atomic mass is 16.5. The van der Waals surface area contributed by atoms with Gasteiger partial charge >= 0.3 is 11.9 Å². The van der Waals surface area contributed by atoms with E-state index in [0.29, 0.717) is 6.42 Å². The fraction of sp³-hybridized carbons (Fsp3) is 0.556. The molecule has 0 aromatic carbocycles. The number of rotatable bonds is 4. The van der Waals surface area contributed by atoms with Crippen molar-refractivity contribution in [2.24, 2.45) is 0 Å². The molecule has 0 fully saturated rings. The molecule has 1 unspecified atom stereocenters. The van der Waals surface area contributed by atoms with E-state index in [4.69, 9.17) is 11.2 Å². The van der Waals surface area contributed by atoms with Gasteiger partial charge in [-0.25, -0.2) is 0 Å². The van der Waals surface area contributed by atoms with Gasteiger partial charge in [-0.3, -0.25) is 9.59 Å². The molecule has 0 aliphatic heterocycles. The lowest BCUT2D eigenvalue weighted by molar-refractivity contribution is -0.147. The van der Waals surface area contributed by atoms with E-state index >= 15 is 0 Å². The van der Waals surface area contributed by atoms with Crippen molar-refractivity contribution in [1.29, 1.82) is 0 Å². The van der Waals surface area contributed by atoms with Crippen molar-refractivity contribution in [3.63, 3.8) is 0 Å². The summed E-state index contributed by atoms with van der Waals surface area (Å²) in [5.41, 5.74) is 0. The molecular weight excluding hydrogens is 172 g/mol. The zero-order valence-corrected chi connectivity index (χ0v) is 7.70. The van der Waals surface area contributed by atoms with Gasteiger partial charge in [0.15, 0.2) is 6.10 Å². The van der Waals surface area contributed by atoms with E-state index in [9.17, 15) is 9.59 Å². The smallest absolute Gasteiger partial charge is 0.305 e. The van der Waals surface area contributed by atoms with E-state index in [-0.39, 0.29) is 12.4 Å². The molecular formula is C9H12O4. The van der Waals surface area contributed by atoms with Crippen LogP contribution in [-0.2, 0) is 19.1 Å². The number of methoxy groups -OCH3 is 1. The molecule has 0 amide bonds. The van der Waals surface area contributed by atoms with Gasteiger partial charge in [-0.15, -0.1) is 6.42 Å². The Balaban J connectivity index is 3.80. The zero-order chi connectivity index (χ0) is 10.3. The average molecular weight is 184 g/mol. The van der Waals surface area contributed by atoms with Gasteiger partial charge in [0.05, 0.1) is 7.11 Å². The van der Waals surface area contributed by atoms with E-state index in [1.165, 1.54) is 14.0 Å². The molecule has 0 aliphatic rings. The van der Waals surface area contributed by atoms with Gasteiger partial charge in [-0.05, 0) is 0 Å². The first kappa shape index (κ1) is 11.5. The topological polar surface area (TPSA) is 52.6 Å². The van der Waals surface area contributed by atoms with Gasteiger partial charge in [0.1, 0.15) is 0 Å². The van der Waals surface area contributed by atoms with Crippen molar-refractivity contribution in [2.45, 2.75) is 25.9 Å². The Morgan fingerprint density at radius 1 is 1.54 bits per heavy atom. The van der Waals surface area contributed by atoms with E-state index in [1.54, 1.807) is 0 Å². The number of hydrogen-bond acceptors (Lipinski definition) is 4. The van der Waals surface area contributed by atoms with Crippen LogP contribution < -0.4 is 0 Å². The molecule has 0 saturated carbocycles. The summed E-state index contributed by atoms with van der Waals surface area (Å²) in [6.45, 7) is 1.27. The maximum Gasteiger partial charge on any atom is 0.305 e. The molecule has 0 aromatic rings. The largest absolute Gasteiger partial charge is 0.469 e. The minimum Gasteiger partial charge on any atom is -0.469 e. The first-order valence-corrected chi connectivity index (χ1v) is 3.80. The molecule has 13 heavy (non-hydrogen) atoms. The molecule has 0 radical (unpaired) electrons. The van der Waals surface area contributed by atoms with E-state index in [0.717, 1.165) is 0 Å². The van der Waals surface area contributed by atoms with Gasteiger partial charge < -0.3 is 9.47 Å². The minimum absolute atomic E-state index is 0.151. The highest BCUT2D eigenvalue weighted by molar-refractivity contribution is 5.69. The van der Waals surface area contributed by atoms with Crippen LogP contribution in [0.3, 0.4) is 0 Å². The summed E-state index contributed by atoms with van der Waals surface area (Å²) in [5.74, 6) is 1.44. The summed E-state index contributed by atoms with van der Waals surface area (Å²) in [5, 5.41) is 0. The average Bonchev–Trinajstić information content (AvgIpc) is 2.10. The molecule has 4 heteroatoms. The fourth-order valence-electron chi connectivity index (χ4n) is 0.728. The van der Waals surface area contributed by atoms with Crippen molar-refractivity contribution in [2.75, 3.05) is 7.11 Å². The lowest BCUT2D eigenvalue weighted by atomic mass is 10.2. The van der Waals surface area contributed by atoms with Crippen LogP contribution in [0.4, 0.5) is 0 Å². The van der Waals surface area contributed by atoms with Gasteiger partial charge in [0.2, 0.25) is 0 Å². The third-order valence-corrected chi connectivity index (χ3v) is 1.33. The summed E-state index contributed by atoms with van der Waals surface area (Å²) in [7, 11) is 1.29. The van der Waals surface area contributed by atoms with E-state index in [1.807, 2.05) is 0 Å². The maximum atomic E-state index is 10.7. The Bertz CT molecular complexity index is 226. The van der Waals surface area contributed by atoms with Crippen LogP contribution in [0.5, 0.6) is 0 Å². The first-order chi connectivity index (χ1) is 6.10. The minimum atomic E-state index is -0.642. The summed E-state index contributed by atoms with van der Waals surface area (Å²) in [6, 6.07) is 0. The fourth-order valence-corrected chi connectivity index (χ4v) is 0.728. The van der Waals surface area contributed by atoms with Crippen molar-refractivity contribution in [3.8, 4) is 12.3 Å². The molecule has 0 aromatic heterocycles. The highest BCUT2D eigenvalue weighted by Crippen LogP contribution is 2.02. The predicted octanol–water partition coefficient (Wildman–Crippen LogP) is 0.504. The molecule has 0 N–H and O–H groups in total. The Hall–Kier alpha value is -1.50. The summed E-state index contributed by atoms with van der Waals surface area (Å²) in [6.07, 6.45) is 4.87. The van der Waals surface area contributed by atoms with Crippen molar-refractivity contribution < 1.29 is 19.1 Å². The van der Waals surface area contributed by atoms with E-state index in [2.05, 4.69) is 10.7 Å². The molecule has 0 saturated heterocycles. The number of ether oxygens (including phenoxy) is 2. The monoisotopic (exact) mass is 184 g/mol. The van der Waals surface area contributed by atoms with Crippen LogP contribution in [0.1, 0.15) is 19.8 Å². The second kappa shape index (κ2) is 6.06. The standard InChI is InChI=1S/C9H12O4/c1-4-8(13-7(2)10)5-6-9(11)12-3/h1,8H,5-6H2,2-3H3. The van der Waals surface area contributed by atoms with Crippen molar-refractivity contribution in [3.05, 3.63) is 0 Å². The SMILES string of the molecule is C#CC(CCC(=O)OC)OC(C)=O. The quantitative estimate of drug-likeness (QED) is 0.471. The third kappa shape index (κ3) is 5.74. The van der Waals surface area contributed by atoms with Gasteiger partial charge in [-0.2, -0.15) is 0 Å². The normalized spacial score (nSPS) is 11.2. The molecule has 0 rings (SSSR count). The van der Waals surface area contributed by atoms with Gasteiger partial charge in [-0.1, -0.05) is 5.92 Å². The number of carbonyl (C=O) groups is 2. The molecule has 0 aliphatic carbocycles. The predicted molar refractivity (Wildman–Crippen MR) is 45.6 cm³/mol. The maximum absolute atomic E-state index is 10.7.